The number of hydrogen-bond acceptors (Lipinski definition) is 3. The van der Waals surface area contributed by atoms with Crippen molar-refractivity contribution in [2.45, 2.75) is 12.1 Å². The van der Waals surface area contributed by atoms with E-state index in [0.29, 0.717) is 16.9 Å². The van der Waals surface area contributed by atoms with Crippen LogP contribution in [-0.4, -0.2) is 35.9 Å². The van der Waals surface area contributed by atoms with Crippen LogP contribution in [0.15, 0.2) is 78.9 Å². The van der Waals surface area contributed by atoms with Gasteiger partial charge in [0.05, 0.1) is 7.11 Å². The highest BCUT2D eigenvalue weighted by Gasteiger charge is 2.47. The summed E-state index contributed by atoms with van der Waals surface area (Å²) in [6.45, 7) is 0. The van der Waals surface area contributed by atoms with E-state index in [9.17, 15) is 14.0 Å². The van der Waals surface area contributed by atoms with Crippen LogP contribution in [0.2, 0.25) is 0 Å². The van der Waals surface area contributed by atoms with Gasteiger partial charge in [-0.05, 0) is 48.5 Å². The monoisotopic (exact) mass is 418 g/mol. The molecule has 1 heterocycles. The topological polar surface area (TPSA) is 70.4 Å². The molecule has 3 aromatic rings. The number of amides is 2. The minimum absolute atomic E-state index is 0.339. The maximum Gasteiger partial charge on any atom is 0.304 e. The second-order valence-corrected chi connectivity index (χ2v) is 7.10. The van der Waals surface area contributed by atoms with E-state index in [1.165, 1.54) is 12.1 Å². The maximum atomic E-state index is 13.3. The number of hydrazine groups is 1. The number of benzene rings is 3. The Balaban J connectivity index is 1.65. The Morgan fingerprint density at radius 2 is 1.71 bits per heavy atom. The van der Waals surface area contributed by atoms with Crippen LogP contribution in [0.4, 0.5) is 4.39 Å². The Labute approximate surface area is 179 Å². The molecule has 2 N–H and O–H groups in total. The third kappa shape index (κ3) is 4.45. The zero-order valence-corrected chi connectivity index (χ0v) is 16.8. The molecule has 0 aliphatic carbocycles. The van der Waals surface area contributed by atoms with Gasteiger partial charge in [-0.3, -0.25) is 9.59 Å². The predicted octanol–water partition coefficient (Wildman–Crippen LogP) is 2.85. The van der Waals surface area contributed by atoms with Crippen molar-refractivity contribution in [1.82, 2.24) is 10.7 Å². The number of carbonyl (C=O) groups is 2. The molecule has 3 aromatic carbocycles. The molecule has 2 atom stereocenters. The third-order valence-corrected chi connectivity index (χ3v) is 5.08. The van der Waals surface area contributed by atoms with Crippen LogP contribution in [0.3, 0.4) is 0 Å². The molecule has 1 aliphatic rings. The highest BCUT2D eigenvalue weighted by Crippen LogP contribution is 2.25. The van der Waals surface area contributed by atoms with Crippen LogP contribution in [0.5, 0.6) is 5.75 Å². The van der Waals surface area contributed by atoms with E-state index in [2.05, 4.69) is 10.7 Å². The zero-order chi connectivity index (χ0) is 21.8. The molecular formula is C24H21FN3O3+. The first-order valence-corrected chi connectivity index (χ1v) is 9.74. The molecule has 0 radical (unpaired) electrons. The van der Waals surface area contributed by atoms with Crippen molar-refractivity contribution in [2.24, 2.45) is 0 Å². The fraction of sp³-hybridized carbons (Fsp3) is 0.125. The number of nitrogens with one attached hydrogen (secondary N) is 2. The summed E-state index contributed by atoms with van der Waals surface area (Å²) in [7, 11) is 1.55. The zero-order valence-electron chi connectivity index (χ0n) is 16.8. The molecule has 31 heavy (non-hydrogen) atoms. The number of rotatable bonds is 5. The van der Waals surface area contributed by atoms with Crippen molar-refractivity contribution in [3.8, 4) is 5.75 Å². The predicted molar refractivity (Wildman–Crippen MR) is 113 cm³/mol. The smallest absolute Gasteiger partial charge is 0.304 e. The minimum Gasteiger partial charge on any atom is -0.497 e. The summed E-state index contributed by atoms with van der Waals surface area (Å²) in [6.07, 6.45) is 1.72. The Morgan fingerprint density at radius 3 is 2.35 bits per heavy atom. The minimum atomic E-state index is -0.825. The number of carbonyl (C=O) groups excluding carboxylic acids is 2. The summed E-state index contributed by atoms with van der Waals surface area (Å²) in [5, 5.41) is 2.84. The molecule has 1 aliphatic heterocycles. The van der Waals surface area contributed by atoms with Crippen molar-refractivity contribution in [2.75, 3.05) is 7.11 Å². The van der Waals surface area contributed by atoms with E-state index in [1.54, 1.807) is 54.4 Å². The van der Waals surface area contributed by atoms with Crippen LogP contribution < -0.4 is 15.5 Å². The summed E-state index contributed by atoms with van der Waals surface area (Å²) in [5.41, 5.74) is 4.78. The largest absolute Gasteiger partial charge is 0.497 e. The standard InChI is InChI=1S/C24H20FN3O3/c1-31-20-13-9-18(10-14-20)23(29)26-21-22(17-5-3-2-4-6-17)28(27-24(21)30)15-16-7-11-19(25)12-8-16/h2-15,21-22H,1H3,(H-,26,27,29,30)/p+1/b28-15-/t21-,22-/m1/s1. The van der Waals surface area contributed by atoms with E-state index in [4.69, 9.17) is 4.74 Å². The molecule has 0 spiro atoms. The van der Waals surface area contributed by atoms with Crippen molar-refractivity contribution in [3.63, 3.8) is 0 Å². The maximum absolute atomic E-state index is 13.3. The first-order valence-electron chi connectivity index (χ1n) is 9.74. The van der Waals surface area contributed by atoms with Crippen LogP contribution in [0, 0.1) is 5.82 Å². The van der Waals surface area contributed by atoms with Gasteiger partial charge >= 0.3 is 5.91 Å². The first-order chi connectivity index (χ1) is 15.0. The average Bonchev–Trinajstić information content (AvgIpc) is 3.10. The van der Waals surface area contributed by atoms with Gasteiger partial charge in [-0.1, -0.05) is 30.3 Å². The van der Waals surface area contributed by atoms with E-state index in [0.717, 1.165) is 5.56 Å². The molecule has 0 unspecified atom stereocenters. The number of halogens is 1. The second kappa shape index (κ2) is 8.79. The summed E-state index contributed by atoms with van der Waals surface area (Å²) in [6, 6.07) is 20.7. The molecule has 0 bridgehead atoms. The van der Waals surface area contributed by atoms with Crippen molar-refractivity contribution >= 4 is 18.0 Å². The van der Waals surface area contributed by atoms with Gasteiger partial charge in [0, 0.05) is 16.7 Å². The Bertz CT molecular complexity index is 1110. The normalized spacial score (nSPS) is 19.2. The van der Waals surface area contributed by atoms with E-state index in [1.807, 2.05) is 30.3 Å². The van der Waals surface area contributed by atoms with Gasteiger partial charge in [-0.15, -0.1) is 10.1 Å². The van der Waals surface area contributed by atoms with Crippen LogP contribution in [0.25, 0.3) is 0 Å². The number of methoxy groups -OCH3 is 1. The van der Waals surface area contributed by atoms with Gasteiger partial charge in [-0.2, -0.15) is 0 Å². The Morgan fingerprint density at radius 1 is 1.03 bits per heavy atom. The lowest BCUT2D eigenvalue weighted by Crippen LogP contribution is -2.42. The molecule has 0 saturated carbocycles. The third-order valence-electron chi connectivity index (χ3n) is 5.08. The molecule has 7 heteroatoms. The molecule has 0 aromatic heterocycles. The van der Waals surface area contributed by atoms with Gasteiger partial charge in [-0.25, -0.2) is 4.39 Å². The second-order valence-electron chi connectivity index (χ2n) is 7.10. The number of hydrazone groups is 1. The molecule has 2 amide bonds. The van der Waals surface area contributed by atoms with Gasteiger partial charge < -0.3 is 10.1 Å². The highest BCUT2D eigenvalue weighted by molar-refractivity contribution is 5.98. The lowest BCUT2D eigenvalue weighted by Gasteiger charge is -2.14. The van der Waals surface area contributed by atoms with Crippen molar-refractivity contribution < 1.29 is 23.4 Å². The van der Waals surface area contributed by atoms with E-state index >= 15 is 0 Å². The quantitative estimate of drug-likeness (QED) is 0.626. The van der Waals surface area contributed by atoms with Crippen LogP contribution in [-0.2, 0) is 4.79 Å². The molecule has 156 valence electrons. The fourth-order valence-electron chi connectivity index (χ4n) is 3.51. The van der Waals surface area contributed by atoms with Crippen molar-refractivity contribution in [1.29, 1.82) is 0 Å². The first kappa shape index (κ1) is 20.3. The Kier molecular flexibility index (Phi) is 5.75. The average molecular weight is 418 g/mol. The van der Waals surface area contributed by atoms with Crippen LogP contribution in [0.1, 0.15) is 27.5 Å². The number of ether oxygens (including phenoxy) is 1. The Hall–Kier alpha value is -4.00. The molecule has 6 nitrogen and oxygen atoms in total. The van der Waals surface area contributed by atoms with Gasteiger partial charge in [0.1, 0.15) is 11.6 Å². The molecule has 1 saturated heterocycles. The fourth-order valence-corrected chi connectivity index (χ4v) is 3.51. The summed E-state index contributed by atoms with van der Waals surface area (Å²) in [4.78, 5) is 25.6. The van der Waals surface area contributed by atoms with E-state index in [-0.39, 0.29) is 17.6 Å². The molecule has 1 fully saturated rings. The summed E-state index contributed by atoms with van der Waals surface area (Å²) < 4.78 is 20.0. The molecule has 4 rings (SSSR count). The lowest BCUT2D eigenvalue weighted by atomic mass is 10.00. The lowest BCUT2D eigenvalue weighted by molar-refractivity contribution is -0.596. The summed E-state index contributed by atoms with van der Waals surface area (Å²) >= 11 is 0. The van der Waals surface area contributed by atoms with Gasteiger partial charge in [0.25, 0.3) is 5.91 Å². The number of hydrogen-bond donors (Lipinski definition) is 2. The SMILES string of the molecule is COc1ccc(C(=O)N[C@H]2C(=O)N/[N+](=C\c3ccc(F)cc3)[C@@H]2c2ccccc2)cc1. The van der Waals surface area contributed by atoms with Crippen molar-refractivity contribution in [3.05, 3.63) is 101 Å². The molecular weight excluding hydrogens is 397 g/mol. The van der Waals surface area contributed by atoms with Gasteiger partial charge in [0.2, 0.25) is 12.3 Å². The van der Waals surface area contributed by atoms with Crippen LogP contribution >= 0.6 is 0 Å². The van der Waals surface area contributed by atoms with Gasteiger partial charge in [0.15, 0.2) is 6.04 Å². The summed E-state index contributed by atoms with van der Waals surface area (Å²) in [5.74, 6) is -0.411. The van der Waals surface area contributed by atoms with E-state index < -0.39 is 12.1 Å². The number of nitrogens with zero attached hydrogens (tertiary/aromatic N) is 1. The highest BCUT2D eigenvalue weighted by atomic mass is 19.1.